The highest BCUT2D eigenvalue weighted by molar-refractivity contribution is 8.00. The summed E-state index contributed by atoms with van der Waals surface area (Å²) in [6.45, 7) is 6.41. The third-order valence-corrected chi connectivity index (χ3v) is 5.28. The lowest BCUT2D eigenvalue weighted by atomic mass is 10.0. The molecule has 28 heavy (non-hydrogen) atoms. The molecule has 5 nitrogen and oxygen atoms in total. The molecule has 0 unspecified atom stereocenters. The van der Waals surface area contributed by atoms with E-state index in [0.717, 1.165) is 22.0 Å². The molecule has 6 heteroatoms. The minimum absolute atomic E-state index is 0.151. The highest BCUT2D eigenvalue weighted by Crippen LogP contribution is 2.29. The second-order valence-corrected chi connectivity index (χ2v) is 7.28. The predicted octanol–water partition coefficient (Wildman–Crippen LogP) is 4.85. The number of nitrogens with zero attached hydrogens (tertiary/aromatic N) is 2. The average Bonchev–Trinajstić information content (AvgIpc) is 2.70. The fourth-order valence-electron chi connectivity index (χ4n) is 2.88. The van der Waals surface area contributed by atoms with E-state index in [9.17, 15) is 10.1 Å². The average molecular weight is 391 g/mol. The Morgan fingerprint density at radius 3 is 2.71 bits per heavy atom. The molecule has 1 N–H and O–H groups in total. The monoisotopic (exact) mass is 391 g/mol. The third kappa shape index (κ3) is 4.26. The zero-order chi connectivity index (χ0) is 20.1. The van der Waals surface area contributed by atoms with Gasteiger partial charge in [0, 0.05) is 5.39 Å². The fourth-order valence-corrected chi connectivity index (χ4v) is 3.63. The maximum atomic E-state index is 12.4. The Labute approximate surface area is 168 Å². The zero-order valence-electron chi connectivity index (χ0n) is 16.1. The van der Waals surface area contributed by atoms with Crippen molar-refractivity contribution < 1.29 is 9.53 Å². The molecule has 3 rings (SSSR count). The van der Waals surface area contributed by atoms with Crippen molar-refractivity contribution in [2.75, 3.05) is 17.7 Å². The summed E-state index contributed by atoms with van der Waals surface area (Å²) < 4.78 is 5.53. The first-order valence-corrected chi connectivity index (χ1v) is 9.97. The van der Waals surface area contributed by atoms with Gasteiger partial charge in [0.2, 0.25) is 5.91 Å². The number of carbonyl (C=O) groups is 1. The van der Waals surface area contributed by atoms with Gasteiger partial charge in [-0.3, -0.25) is 4.79 Å². The highest BCUT2D eigenvalue weighted by Gasteiger charge is 2.13. The van der Waals surface area contributed by atoms with E-state index < -0.39 is 0 Å². The number of benzene rings is 2. The Hall–Kier alpha value is -3.04. The second-order valence-electron chi connectivity index (χ2n) is 6.31. The number of hydrogen-bond donors (Lipinski definition) is 1. The number of rotatable bonds is 6. The van der Waals surface area contributed by atoms with Crippen LogP contribution in [-0.2, 0) is 4.79 Å². The minimum Gasteiger partial charge on any atom is -0.492 e. The number of anilines is 1. The van der Waals surface area contributed by atoms with Gasteiger partial charge in [0.15, 0.2) is 0 Å². The molecule has 0 aliphatic heterocycles. The van der Waals surface area contributed by atoms with E-state index >= 15 is 0 Å². The molecule has 0 saturated heterocycles. The standard InChI is InChI=1S/C22H21N3O2S/c1-4-27-19-8-6-5-7-18(19)24-20(26)13-28-22-16(12-23)11-17-14(2)9-10-15(3)21(17)25-22/h5-11H,4,13H2,1-3H3,(H,24,26). The number of ether oxygens (including phenoxy) is 1. The van der Waals surface area contributed by atoms with Crippen molar-refractivity contribution in [2.24, 2.45) is 0 Å². The molecule has 0 bridgehead atoms. The number of nitrogens with one attached hydrogen (secondary N) is 1. The van der Waals surface area contributed by atoms with Crippen LogP contribution in [0.2, 0.25) is 0 Å². The van der Waals surface area contributed by atoms with Crippen LogP contribution in [0.5, 0.6) is 5.75 Å². The van der Waals surface area contributed by atoms with E-state index in [1.165, 1.54) is 11.8 Å². The predicted molar refractivity (Wildman–Crippen MR) is 113 cm³/mol. The van der Waals surface area contributed by atoms with Crippen LogP contribution in [0.3, 0.4) is 0 Å². The number of para-hydroxylation sites is 2. The molecule has 0 saturated carbocycles. The lowest BCUT2D eigenvalue weighted by Gasteiger charge is -2.12. The van der Waals surface area contributed by atoms with Crippen LogP contribution in [0.4, 0.5) is 5.69 Å². The Bertz CT molecular complexity index is 1070. The number of thioether (sulfide) groups is 1. The molecule has 0 atom stereocenters. The molecule has 1 aromatic heterocycles. The number of amides is 1. The smallest absolute Gasteiger partial charge is 0.234 e. The summed E-state index contributed by atoms with van der Waals surface area (Å²) in [4.78, 5) is 17.1. The first-order chi connectivity index (χ1) is 13.5. The summed E-state index contributed by atoms with van der Waals surface area (Å²) in [6, 6.07) is 15.4. The summed E-state index contributed by atoms with van der Waals surface area (Å²) in [5, 5.41) is 13.9. The van der Waals surface area contributed by atoms with E-state index in [0.29, 0.717) is 28.6 Å². The van der Waals surface area contributed by atoms with Crippen molar-refractivity contribution in [3.8, 4) is 11.8 Å². The van der Waals surface area contributed by atoms with Crippen LogP contribution in [-0.4, -0.2) is 23.3 Å². The first kappa shape index (κ1) is 19.7. The molecule has 2 aromatic carbocycles. The number of hydrogen-bond acceptors (Lipinski definition) is 5. The van der Waals surface area contributed by atoms with Crippen LogP contribution in [0.25, 0.3) is 10.9 Å². The first-order valence-electron chi connectivity index (χ1n) is 8.99. The fraction of sp³-hybridized carbons (Fsp3) is 0.227. The molecule has 0 aliphatic rings. The molecule has 0 radical (unpaired) electrons. The number of nitriles is 1. The van der Waals surface area contributed by atoms with Gasteiger partial charge in [-0.1, -0.05) is 36.0 Å². The molecule has 0 spiro atoms. The Morgan fingerprint density at radius 1 is 1.21 bits per heavy atom. The van der Waals surface area contributed by atoms with E-state index in [4.69, 9.17) is 4.74 Å². The number of aromatic nitrogens is 1. The third-order valence-electron chi connectivity index (χ3n) is 4.29. The minimum atomic E-state index is -0.177. The van der Waals surface area contributed by atoms with Gasteiger partial charge in [0.1, 0.15) is 16.8 Å². The van der Waals surface area contributed by atoms with E-state index in [1.54, 1.807) is 6.07 Å². The summed E-state index contributed by atoms with van der Waals surface area (Å²) in [5.41, 5.74) is 4.10. The second kappa shape index (κ2) is 8.77. The van der Waals surface area contributed by atoms with Gasteiger partial charge in [0.05, 0.1) is 29.1 Å². The normalized spacial score (nSPS) is 10.5. The summed E-state index contributed by atoms with van der Waals surface area (Å²) in [5.74, 6) is 0.610. The quantitative estimate of drug-likeness (QED) is 0.608. The lowest BCUT2D eigenvalue weighted by molar-refractivity contribution is -0.113. The van der Waals surface area contributed by atoms with Crippen molar-refractivity contribution in [2.45, 2.75) is 25.8 Å². The molecule has 0 aliphatic carbocycles. The Balaban J connectivity index is 1.79. The van der Waals surface area contributed by atoms with Crippen LogP contribution in [0, 0.1) is 25.2 Å². The van der Waals surface area contributed by atoms with Gasteiger partial charge in [-0.25, -0.2) is 4.98 Å². The van der Waals surface area contributed by atoms with E-state index in [-0.39, 0.29) is 11.7 Å². The van der Waals surface area contributed by atoms with Crippen molar-refractivity contribution in [1.29, 1.82) is 5.26 Å². The zero-order valence-corrected chi connectivity index (χ0v) is 16.9. The largest absolute Gasteiger partial charge is 0.492 e. The van der Waals surface area contributed by atoms with Crippen molar-refractivity contribution in [1.82, 2.24) is 4.98 Å². The van der Waals surface area contributed by atoms with Gasteiger partial charge in [-0.05, 0) is 50.1 Å². The number of fused-ring (bicyclic) bond motifs is 1. The molecule has 142 valence electrons. The summed E-state index contributed by atoms with van der Waals surface area (Å²) >= 11 is 1.26. The van der Waals surface area contributed by atoms with Crippen molar-refractivity contribution in [3.05, 3.63) is 59.2 Å². The van der Waals surface area contributed by atoms with Gasteiger partial charge < -0.3 is 10.1 Å². The summed E-state index contributed by atoms with van der Waals surface area (Å²) in [6.07, 6.45) is 0. The number of aryl methyl sites for hydroxylation is 2. The number of pyridine rings is 1. The SMILES string of the molecule is CCOc1ccccc1NC(=O)CSc1nc2c(C)ccc(C)c2cc1C#N. The Kier molecular flexibility index (Phi) is 6.17. The summed E-state index contributed by atoms with van der Waals surface area (Å²) in [7, 11) is 0. The van der Waals surface area contributed by atoms with E-state index in [2.05, 4.69) is 16.4 Å². The molecule has 1 heterocycles. The van der Waals surface area contributed by atoms with Crippen LogP contribution in [0.1, 0.15) is 23.6 Å². The van der Waals surface area contributed by atoms with Crippen LogP contribution >= 0.6 is 11.8 Å². The number of carbonyl (C=O) groups excluding carboxylic acids is 1. The van der Waals surface area contributed by atoms with Gasteiger partial charge in [-0.15, -0.1) is 0 Å². The maximum absolute atomic E-state index is 12.4. The van der Waals surface area contributed by atoms with E-state index in [1.807, 2.05) is 57.2 Å². The van der Waals surface area contributed by atoms with Gasteiger partial charge >= 0.3 is 0 Å². The molecule has 0 fully saturated rings. The molecular weight excluding hydrogens is 370 g/mol. The lowest BCUT2D eigenvalue weighted by Crippen LogP contribution is -2.15. The van der Waals surface area contributed by atoms with Crippen LogP contribution < -0.4 is 10.1 Å². The maximum Gasteiger partial charge on any atom is 0.234 e. The van der Waals surface area contributed by atoms with Gasteiger partial charge in [-0.2, -0.15) is 5.26 Å². The Morgan fingerprint density at radius 2 is 1.96 bits per heavy atom. The highest BCUT2D eigenvalue weighted by atomic mass is 32.2. The van der Waals surface area contributed by atoms with Crippen molar-refractivity contribution in [3.63, 3.8) is 0 Å². The van der Waals surface area contributed by atoms with Crippen molar-refractivity contribution >= 4 is 34.3 Å². The topological polar surface area (TPSA) is 75.0 Å². The van der Waals surface area contributed by atoms with Gasteiger partial charge in [0.25, 0.3) is 0 Å². The molecule has 3 aromatic rings. The van der Waals surface area contributed by atoms with Crippen LogP contribution in [0.15, 0.2) is 47.5 Å². The molecule has 1 amide bonds. The molecular formula is C22H21N3O2S.